The highest BCUT2D eigenvalue weighted by Gasteiger charge is 2.60. The number of benzene rings is 1. The van der Waals surface area contributed by atoms with E-state index in [0.29, 0.717) is 5.46 Å². The summed E-state index contributed by atoms with van der Waals surface area (Å²) in [6, 6.07) is 9.40. The van der Waals surface area contributed by atoms with Crippen molar-refractivity contribution in [1.29, 1.82) is 0 Å². The van der Waals surface area contributed by atoms with Crippen molar-refractivity contribution in [3.8, 4) is 0 Å². The van der Waals surface area contributed by atoms with Crippen LogP contribution in [0.1, 0.15) is 47.1 Å². The highest BCUT2D eigenvalue weighted by atomic mass is 16.7. The molecule has 0 radical (unpaired) electrons. The Labute approximate surface area is 176 Å². The van der Waals surface area contributed by atoms with Crippen LogP contribution in [0.25, 0.3) is 0 Å². The molecule has 1 aromatic carbocycles. The number of carbonyl (C=O) groups excluding carboxylic acids is 2. The minimum Gasteiger partial charge on any atom is -0.459 e. The average Bonchev–Trinajstić information content (AvgIpc) is 3.23. The quantitative estimate of drug-likeness (QED) is 0.562. The molecular weight excluding hydrogens is 387 g/mol. The number of ether oxygens (including phenoxy) is 2. The molecule has 1 aromatic heterocycles. The van der Waals surface area contributed by atoms with E-state index in [4.69, 9.17) is 18.8 Å². The van der Waals surface area contributed by atoms with E-state index in [1.54, 1.807) is 41.5 Å². The molecule has 1 aliphatic heterocycles. The third-order valence-corrected chi connectivity index (χ3v) is 4.95. The molecule has 1 fully saturated rings. The van der Waals surface area contributed by atoms with Crippen molar-refractivity contribution in [3.63, 3.8) is 0 Å². The Kier molecular flexibility index (Phi) is 5.80. The van der Waals surface area contributed by atoms with Gasteiger partial charge < -0.3 is 18.8 Å². The summed E-state index contributed by atoms with van der Waals surface area (Å²) in [5.41, 5.74) is -1.60. The van der Waals surface area contributed by atoms with Crippen LogP contribution >= 0.6 is 0 Å². The van der Waals surface area contributed by atoms with Gasteiger partial charge in [-0.1, -0.05) is 30.3 Å². The van der Waals surface area contributed by atoms with Gasteiger partial charge in [-0.2, -0.15) is 9.78 Å². The van der Waals surface area contributed by atoms with Crippen LogP contribution in [-0.4, -0.2) is 45.8 Å². The number of carbonyl (C=O) groups is 2. The highest BCUT2D eigenvalue weighted by molar-refractivity contribution is 6.62. The molecule has 2 aromatic rings. The van der Waals surface area contributed by atoms with Crippen molar-refractivity contribution < 1.29 is 28.4 Å². The molecule has 2 heterocycles. The van der Waals surface area contributed by atoms with Crippen molar-refractivity contribution >= 4 is 24.6 Å². The fourth-order valence-electron chi connectivity index (χ4n) is 2.92. The zero-order valence-electron chi connectivity index (χ0n) is 18.2. The van der Waals surface area contributed by atoms with Gasteiger partial charge in [0.25, 0.3) is 0 Å². The number of hydrogen-bond donors (Lipinski definition) is 0. The van der Waals surface area contributed by atoms with Crippen LogP contribution < -0.4 is 5.46 Å². The van der Waals surface area contributed by atoms with Crippen LogP contribution in [0.15, 0.2) is 42.7 Å². The molecule has 0 spiro atoms. The van der Waals surface area contributed by atoms with E-state index in [0.717, 1.165) is 10.2 Å². The zero-order valence-corrected chi connectivity index (χ0v) is 18.2. The summed E-state index contributed by atoms with van der Waals surface area (Å²) < 4.78 is 23.8. The Morgan fingerprint density at radius 2 is 1.80 bits per heavy atom. The van der Waals surface area contributed by atoms with Gasteiger partial charge in [0.05, 0.1) is 5.60 Å². The predicted molar refractivity (Wildman–Crippen MR) is 110 cm³/mol. The fraction of sp³-hybridized carbons (Fsp3) is 0.476. The molecule has 30 heavy (non-hydrogen) atoms. The lowest BCUT2D eigenvalue weighted by Crippen LogP contribution is -2.52. The van der Waals surface area contributed by atoms with Crippen molar-refractivity contribution in [2.24, 2.45) is 0 Å². The summed E-state index contributed by atoms with van der Waals surface area (Å²) >= 11 is 0. The summed E-state index contributed by atoms with van der Waals surface area (Å²) in [4.78, 5) is 25.1. The van der Waals surface area contributed by atoms with E-state index in [2.05, 4.69) is 5.10 Å². The minimum atomic E-state index is -1.35. The lowest BCUT2D eigenvalue weighted by molar-refractivity contribution is -0.169. The summed E-state index contributed by atoms with van der Waals surface area (Å²) in [6.45, 7) is 10.6. The summed E-state index contributed by atoms with van der Waals surface area (Å²) in [5, 5.41) is 4.03. The molecule has 9 heteroatoms. The highest BCUT2D eigenvalue weighted by Crippen LogP contribution is 2.38. The normalized spacial score (nSPS) is 20.8. The molecule has 1 atom stereocenters. The second-order valence-electron chi connectivity index (χ2n) is 8.87. The van der Waals surface area contributed by atoms with Crippen molar-refractivity contribution in [2.75, 3.05) is 0 Å². The van der Waals surface area contributed by atoms with Gasteiger partial charge in [0.1, 0.15) is 12.2 Å². The molecule has 0 bridgehead atoms. The number of hydrogen-bond acceptors (Lipinski definition) is 7. The van der Waals surface area contributed by atoms with Crippen LogP contribution in [0.4, 0.5) is 4.79 Å². The largest absolute Gasteiger partial charge is 0.498 e. The molecule has 8 nitrogen and oxygen atoms in total. The van der Waals surface area contributed by atoms with E-state index < -0.39 is 36.0 Å². The maximum absolute atomic E-state index is 12.9. The standard InChI is InChI=1S/C21H27BN2O6/c1-19(2,3)28-18(26)24-13-16(12-23-24)22-29-20(4,5)21(6,30-22)17(25)27-14-15-10-8-7-9-11-15/h7-13H,14H2,1-6H3. The lowest BCUT2D eigenvalue weighted by atomic mass is 9.82. The van der Waals surface area contributed by atoms with Gasteiger partial charge >= 0.3 is 19.2 Å². The van der Waals surface area contributed by atoms with E-state index in [-0.39, 0.29) is 6.61 Å². The molecule has 0 amide bonds. The molecule has 1 aliphatic rings. The Morgan fingerprint density at radius 1 is 1.13 bits per heavy atom. The first kappa shape index (κ1) is 22.0. The number of rotatable bonds is 4. The Hall–Kier alpha value is -2.65. The van der Waals surface area contributed by atoms with Crippen molar-refractivity contribution in [2.45, 2.75) is 65.0 Å². The molecule has 0 N–H and O–H groups in total. The SMILES string of the molecule is CC(C)(C)OC(=O)n1cc(B2OC(C)(C)C(C)(C(=O)OCc3ccccc3)O2)cn1. The van der Waals surface area contributed by atoms with Gasteiger partial charge in [-0.05, 0) is 47.1 Å². The van der Waals surface area contributed by atoms with Crippen LogP contribution in [-0.2, 0) is 30.2 Å². The zero-order chi connectivity index (χ0) is 22.2. The van der Waals surface area contributed by atoms with Crippen LogP contribution in [0.2, 0.25) is 0 Å². The monoisotopic (exact) mass is 414 g/mol. The summed E-state index contributed by atoms with van der Waals surface area (Å²) in [6.07, 6.45) is 2.30. The molecule has 0 saturated carbocycles. The van der Waals surface area contributed by atoms with E-state index in [1.807, 2.05) is 30.3 Å². The van der Waals surface area contributed by atoms with Crippen molar-refractivity contribution in [1.82, 2.24) is 9.78 Å². The van der Waals surface area contributed by atoms with Crippen LogP contribution in [0.3, 0.4) is 0 Å². The third kappa shape index (κ3) is 4.57. The predicted octanol–water partition coefficient (Wildman–Crippen LogP) is 2.69. The molecule has 0 aliphatic carbocycles. The Balaban J connectivity index is 1.71. The van der Waals surface area contributed by atoms with Gasteiger partial charge in [-0.25, -0.2) is 9.59 Å². The van der Waals surface area contributed by atoms with Crippen molar-refractivity contribution in [3.05, 3.63) is 48.3 Å². The molecule has 3 rings (SSSR count). The average molecular weight is 414 g/mol. The van der Waals surface area contributed by atoms with Gasteiger partial charge in [-0.3, -0.25) is 0 Å². The maximum atomic E-state index is 12.9. The van der Waals surface area contributed by atoms with Gasteiger partial charge in [0.2, 0.25) is 0 Å². The van der Waals surface area contributed by atoms with Crippen LogP contribution in [0, 0.1) is 0 Å². The first-order valence-electron chi connectivity index (χ1n) is 9.76. The smallest absolute Gasteiger partial charge is 0.459 e. The number of aromatic nitrogens is 2. The Bertz CT molecular complexity index is 921. The topological polar surface area (TPSA) is 88.9 Å². The second kappa shape index (κ2) is 7.88. The third-order valence-electron chi connectivity index (χ3n) is 4.95. The minimum absolute atomic E-state index is 0.135. The lowest BCUT2D eigenvalue weighted by Gasteiger charge is -2.33. The number of nitrogens with zero attached hydrogens (tertiary/aromatic N) is 2. The fourth-order valence-corrected chi connectivity index (χ4v) is 2.92. The van der Waals surface area contributed by atoms with Gasteiger partial charge in [0.15, 0.2) is 5.60 Å². The van der Waals surface area contributed by atoms with Crippen LogP contribution in [0.5, 0.6) is 0 Å². The molecule has 1 unspecified atom stereocenters. The maximum Gasteiger partial charge on any atom is 0.498 e. The van der Waals surface area contributed by atoms with Gasteiger partial charge in [-0.15, -0.1) is 0 Å². The first-order valence-corrected chi connectivity index (χ1v) is 9.76. The van der Waals surface area contributed by atoms with E-state index in [9.17, 15) is 9.59 Å². The van der Waals surface area contributed by atoms with E-state index >= 15 is 0 Å². The Morgan fingerprint density at radius 3 is 2.43 bits per heavy atom. The molecule has 1 saturated heterocycles. The number of esters is 1. The van der Waals surface area contributed by atoms with Gasteiger partial charge in [0, 0.05) is 17.9 Å². The second-order valence-corrected chi connectivity index (χ2v) is 8.87. The molecular formula is C21H27BN2O6. The van der Waals surface area contributed by atoms with E-state index in [1.165, 1.54) is 12.4 Å². The molecule has 160 valence electrons. The first-order chi connectivity index (χ1) is 13.9. The summed E-state index contributed by atoms with van der Waals surface area (Å²) in [5.74, 6) is -0.529. The summed E-state index contributed by atoms with van der Waals surface area (Å²) in [7, 11) is -0.884.